The van der Waals surface area contributed by atoms with Gasteiger partial charge in [-0.2, -0.15) is 10.2 Å². The first-order valence-corrected chi connectivity index (χ1v) is 4.96. The number of H-pyrrole nitrogens is 1. The number of nitrogens with two attached hydrogens (primary N) is 2. The average Bonchev–Trinajstić information content (AvgIpc) is 2.67. The minimum Gasteiger partial charge on any atom is -0.494 e. The molecule has 0 atom stereocenters. The molecule has 0 spiro atoms. The summed E-state index contributed by atoms with van der Waals surface area (Å²) in [4.78, 5) is 0. The van der Waals surface area contributed by atoms with Crippen LogP contribution in [0.3, 0.4) is 0 Å². The van der Waals surface area contributed by atoms with Crippen molar-refractivity contribution < 1.29 is 9.13 Å². The monoisotopic (exact) mass is 250 g/mol. The van der Waals surface area contributed by atoms with E-state index in [1.807, 2.05) is 0 Å². The number of anilines is 2. The van der Waals surface area contributed by atoms with Gasteiger partial charge in [0.2, 0.25) is 0 Å². The molecule has 1 aromatic heterocycles. The topological polar surface area (TPSA) is 115 Å². The van der Waals surface area contributed by atoms with Crippen molar-refractivity contribution in [3.8, 4) is 5.75 Å². The first-order chi connectivity index (χ1) is 8.61. The Bertz CT molecular complexity index is 575. The van der Waals surface area contributed by atoms with Crippen LogP contribution in [0.1, 0.15) is 0 Å². The van der Waals surface area contributed by atoms with E-state index < -0.39 is 5.82 Å². The van der Waals surface area contributed by atoms with Gasteiger partial charge in [-0.05, 0) is 12.1 Å². The Kier molecular flexibility index (Phi) is 3.09. The lowest BCUT2D eigenvalue weighted by atomic mass is 10.3. The second-order valence-electron chi connectivity index (χ2n) is 3.39. The number of hydrogen-bond acceptors (Lipinski definition) is 6. The number of rotatable bonds is 3. The van der Waals surface area contributed by atoms with Crippen LogP contribution in [0, 0.1) is 5.82 Å². The van der Waals surface area contributed by atoms with Crippen LogP contribution in [-0.2, 0) is 0 Å². The van der Waals surface area contributed by atoms with E-state index in [-0.39, 0.29) is 23.1 Å². The average molecular weight is 250 g/mol. The van der Waals surface area contributed by atoms with Gasteiger partial charge in [-0.1, -0.05) is 0 Å². The molecule has 0 amide bonds. The van der Waals surface area contributed by atoms with Crippen LogP contribution in [0.4, 0.5) is 27.4 Å². The highest BCUT2D eigenvalue weighted by atomic mass is 19.1. The molecule has 0 aliphatic rings. The third-order valence-electron chi connectivity index (χ3n) is 2.20. The quantitative estimate of drug-likeness (QED) is 0.723. The van der Waals surface area contributed by atoms with Gasteiger partial charge in [0.05, 0.1) is 12.8 Å². The Labute approximate surface area is 102 Å². The van der Waals surface area contributed by atoms with Crippen molar-refractivity contribution in [2.45, 2.75) is 0 Å². The Morgan fingerprint density at radius 3 is 2.67 bits per heavy atom. The molecule has 0 aliphatic carbocycles. The summed E-state index contributed by atoms with van der Waals surface area (Å²) in [5.74, 6) is -0.0613. The van der Waals surface area contributed by atoms with Gasteiger partial charge in [0.15, 0.2) is 23.1 Å². The fourth-order valence-electron chi connectivity index (χ4n) is 1.29. The highest BCUT2D eigenvalue weighted by molar-refractivity contribution is 5.70. The highest BCUT2D eigenvalue weighted by Crippen LogP contribution is 2.29. The molecule has 2 rings (SSSR count). The molecule has 0 fully saturated rings. The van der Waals surface area contributed by atoms with Crippen molar-refractivity contribution in [1.82, 2.24) is 10.2 Å². The molecular formula is C10H11FN6O. The van der Waals surface area contributed by atoms with Crippen LogP contribution in [0.25, 0.3) is 0 Å². The predicted octanol–water partition coefficient (Wildman–Crippen LogP) is 2.14. The lowest BCUT2D eigenvalue weighted by molar-refractivity contribution is 0.386. The molecular weight excluding hydrogens is 239 g/mol. The zero-order valence-corrected chi connectivity index (χ0v) is 9.51. The molecule has 7 nitrogen and oxygen atoms in total. The zero-order valence-electron chi connectivity index (χ0n) is 9.51. The molecule has 0 radical (unpaired) electrons. The van der Waals surface area contributed by atoms with Crippen molar-refractivity contribution in [3.63, 3.8) is 0 Å². The fraction of sp³-hybridized carbons (Fsp3) is 0.100. The summed E-state index contributed by atoms with van der Waals surface area (Å²) in [7, 11) is 1.38. The summed E-state index contributed by atoms with van der Waals surface area (Å²) in [6.07, 6.45) is 0. The number of nitrogen functional groups attached to an aromatic ring is 2. The first kappa shape index (κ1) is 11.8. The van der Waals surface area contributed by atoms with Crippen LogP contribution < -0.4 is 16.2 Å². The van der Waals surface area contributed by atoms with Crippen LogP contribution in [0.2, 0.25) is 0 Å². The standard InChI is InChI=1S/C10H11FN6O/c1-18-7-3-2-5(4-6(7)11)14-15-8-9(12)16-17-10(8)13/h2-4H,1H3,(H5,12,13,16,17). The summed E-state index contributed by atoms with van der Waals surface area (Å²) in [6.45, 7) is 0. The first-order valence-electron chi connectivity index (χ1n) is 4.96. The zero-order chi connectivity index (χ0) is 13.1. The third-order valence-corrected chi connectivity index (χ3v) is 2.20. The van der Waals surface area contributed by atoms with Gasteiger partial charge >= 0.3 is 0 Å². The molecule has 1 aromatic carbocycles. The summed E-state index contributed by atoms with van der Waals surface area (Å²) in [5.41, 5.74) is 11.6. The predicted molar refractivity (Wildman–Crippen MR) is 64.5 cm³/mol. The van der Waals surface area contributed by atoms with E-state index in [1.165, 1.54) is 19.2 Å². The van der Waals surface area contributed by atoms with E-state index >= 15 is 0 Å². The van der Waals surface area contributed by atoms with Crippen molar-refractivity contribution in [2.24, 2.45) is 10.2 Å². The van der Waals surface area contributed by atoms with Gasteiger partial charge in [0.1, 0.15) is 5.82 Å². The maximum Gasteiger partial charge on any atom is 0.175 e. The van der Waals surface area contributed by atoms with E-state index in [0.29, 0.717) is 5.69 Å². The SMILES string of the molecule is COc1ccc(N=Nc2c(N)n[nH]c2N)cc1F. The molecule has 5 N–H and O–H groups in total. The van der Waals surface area contributed by atoms with E-state index in [9.17, 15) is 4.39 Å². The second kappa shape index (κ2) is 4.70. The molecule has 1 heterocycles. The maximum atomic E-state index is 13.4. The van der Waals surface area contributed by atoms with Gasteiger partial charge in [-0.3, -0.25) is 5.10 Å². The van der Waals surface area contributed by atoms with Crippen molar-refractivity contribution in [3.05, 3.63) is 24.0 Å². The molecule has 8 heteroatoms. The lowest BCUT2D eigenvalue weighted by Crippen LogP contribution is -1.86. The Hall–Kier alpha value is -2.64. The molecule has 0 saturated heterocycles. The normalized spacial score (nSPS) is 11.0. The number of nitrogens with zero attached hydrogens (tertiary/aromatic N) is 3. The van der Waals surface area contributed by atoms with Crippen LogP contribution >= 0.6 is 0 Å². The van der Waals surface area contributed by atoms with E-state index in [2.05, 4.69) is 20.4 Å². The van der Waals surface area contributed by atoms with Crippen molar-refractivity contribution in [1.29, 1.82) is 0 Å². The summed E-state index contributed by atoms with van der Waals surface area (Å²) in [5, 5.41) is 13.7. The van der Waals surface area contributed by atoms with E-state index in [4.69, 9.17) is 16.2 Å². The Morgan fingerprint density at radius 1 is 1.33 bits per heavy atom. The molecule has 0 unspecified atom stereocenters. The number of ether oxygens (including phenoxy) is 1. The number of halogens is 1. The van der Waals surface area contributed by atoms with Crippen molar-refractivity contribution >= 4 is 23.0 Å². The van der Waals surface area contributed by atoms with Gasteiger partial charge in [-0.15, -0.1) is 5.11 Å². The highest BCUT2D eigenvalue weighted by Gasteiger charge is 2.07. The fourth-order valence-corrected chi connectivity index (χ4v) is 1.29. The largest absolute Gasteiger partial charge is 0.494 e. The molecule has 94 valence electrons. The second-order valence-corrected chi connectivity index (χ2v) is 3.39. The van der Waals surface area contributed by atoms with Crippen LogP contribution in [0.5, 0.6) is 5.75 Å². The van der Waals surface area contributed by atoms with Crippen LogP contribution in [0.15, 0.2) is 28.4 Å². The van der Waals surface area contributed by atoms with Gasteiger partial charge < -0.3 is 16.2 Å². The number of azo groups is 1. The van der Waals surface area contributed by atoms with Gasteiger partial charge in [0, 0.05) is 6.07 Å². The number of benzene rings is 1. The van der Waals surface area contributed by atoms with Crippen LogP contribution in [-0.4, -0.2) is 17.3 Å². The van der Waals surface area contributed by atoms with Gasteiger partial charge in [0.25, 0.3) is 0 Å². The number of hydrogen-bond donors (Lipinski definition) is 3. The van der Waals surface area contributed by atoms with Gasteiger partial charge in [-0.25, -0.2) is 4.39 Å². The maximum absolute atomic E-state index is 13.4. The third kappa shape index (κ3) is 2.21. The lowest BCUT2D eigenvalue weighted by Gasteiger charge is -2.00. The number of aromatic amines is 1. The molecule has 2 aromatic rings. The number of aromatic nitrogens is 2. The van der Waals surface area contributed by atoms with E-state index in [1.54, 1.807) is 6.07 Å². The van der Waals surface area contributed by atoms with Crippen molar-refractivity contribution in [2.75, 3.05) is 18.6 Å². The molecule has 0 bridgehead atoms. The minimum absolute atomic E-state index is 0.130. The summed E-state index contributed by atoms with van der Waals surface area (Å²) in [6, 6.07) is 4.19. The molecule has 0 saturated carbocycles. The minimum atomic E-state index is -0.526. The molecule has 0 aliphatic heterocycles. The number of nitrogens with one attached hydrogen (secondary N) is 1. The number of methoxy groups -OCH3 is 1. The summed E-state index contributed by atoms with van der Waals surface area (Å²) >= 11 is 0. The Balaban J connectivity index is 2.27. The summed E-state index contributed by atoms with van der Waals surface area (Å²) < 4.78 is 18.2. The van der Waals surface area contributed by atoms with E-state index in [0.717, 1.165) is 0 Å². The molecule has 18 heavy (non-hydrogen) atoms. The Morgan fingerprint density at radius 2 is 2.11 bits per heavy atom. The smallest absolute Gasteiger partial charge is 0.175 e.